The first-order valence-corrected chi connectivity index (χ1v) is 8.48. The van der Waals surface area contributed by atoms with E-state index in [0.29, 0.717) is 12.5 Å². The van der Waals surface area contributed by atoms with Gasteiger partial charge in [0.2, 0.25) is 5.91 Å². The van der Waals surface area contributed by atoms with Crippen molar-refractivity contribution in [2.24, 2.45) is 0 Å². The first-order chi connectivity index (χ1) is 10.5. The maximum absolute atomic E-state index is 12.2. The zero-order valence-electron chi connectivity index (χ0n) is 13.7. The van der Waals surface area contributed by atoms with Gasteiger partial charge in [0.15, 0.2) is 0 Å². The third-order valence-electron chi connectivity index (χ3n) is 3.87. The normalized spacial score (nSPS) is 12.6. The van der Waals surface area contributed by atoms with E-state index in [1.165, 1.54) is 10.4 Å². The highest BCUT2D eigenvalue weighted by atomic mass is 32.1. The molecule has 1 heterocycles. The van der Waals surface area contributed by atoms with Crippen LogP contribution in [-0.4, -0.2) is 24.4 Å². The molecule has 0 bridgehead atoms. The molecule has 0 saturated carbocycles. The summed E-state index contributed by atoms with van der Waals surface area (Å²) < 4.78 is 0. The molecule has 0 spiro atoms. The standard InChI is InChI=1S/C18H24N2OS/c1-13(2)15-7-9-16(10-8-15)19-18(21)12-20(4)14(3)17-6-5-11-22-17/h5-11,13-14H,12H2,1-4H3,(H,19,21). The molecule has 2 aromatic rings. The van der Waals surface area contributed by atoms with Gasteiger partial charge in [0.05, 0.1) is 6.54 Å². The molecule has 1 unspecified atom stereocenters. The van der Waals surface area contributed by atoms with Crippen LogP contribution < -0.4 is 5.32 Å². The number of likely N-dealkylation sites (N-methyl/N-ethyl adjacent to an activating group) is 1. The summed E-state index contributed by atoms with van der Waals surface area (Å²) in [6.07, 6.45) is 0. The number of thiophene rings is 1. The van der Waals surface area contributed by atoms with Crippen molar-refractivity contribution in [1.29, 1.82) is 0 Å². The topological polar surface area (TPSA) is 32.3 Å². The molecule has 0 fully saturated rings. The molecule has 22 heavy (non-hydrogen) atoms. The van der Waals surface area contributed by atoms with Gasteiger partial charge in [0, 0.05) is 16.6 Å². The maximum atomic E-state index is 12.2. The minimum absolute atomic E-state index is 0.0169. The van der Waals surface area contributed by atoms with E-state index in [-0.39, 0.29) is 11.9 Å². The molecule has 2 rings (SSSR count). The molecule has 0 aliphatic carbocycles. The predicted octanol–water partition coefficient (Wildman–Crippen LogP) is 4.50. The highest BCUT2D eigenvalue weighted by Gasteiger charge is 2.15. The van der Waals surface area contributed by atoms with Crippen molar-refractivity contribution in [2.45, 2.75) is 32.7 Å². The van der Waals surface area contributed by atoms with Gasteiger partial charge in [-0.15, -0.1) is 11.3 Å². The van der Waals surface area contributed by atoms with Gasteiger partial charge in [0.25, 0.3) is 0 Å². The Bertz CT molecular complexity index is 590. The van der Waals surface area contributed by atoms with Gasteiger partial charge >= 0.3 is 0 Å². The molecule has 0 radical (unpaired) electrons. The van der Waals surface area contributed by atoms with Crippen molar-refractivity contribution < 1.29 is 4.79 Å². The summed E-state index contributed by atoms with van der Waals surface area (Å²) in [6.45, 7) is 6.82. The van der Waals surface area contributed by atoms with Gasteiger partial charge in [-0.05, 0) is 49.0 Å². The van der Waals surface area contributed by atoms with Gasteiger partial charge in [-0.3, -0.25) is 9.69 Å². The van der Waals surface area contributed by atoms with E-state index in [0.717, 1.165) is 5.69 Å². The smallest absolute Gasteiger partial charge is 0.238 e. The molecule has 1 amide bonds. The van der Waals surface area contributed by atoms with Crippen molar-refractivity contribution in [3.8, 4) is 0 Å². The third-order valence-corrected chi connectivity index (χ3v) is 4.91. The molecule has 3 nitrogen and oxygen atoms in total. The molecular formula is C18H24N2OS. The Balaban J connectivity index is 1.89. The molecule has 1 aromatic heterocycles. The van der Waals surface area contributed by atoms with Crippen molar-refractivity contribution in [3.05, 3.63) is 52.2 Å². The number of rotatable bonds is 6. The number of nitrogens with zero attached hydrogens (tertiary/aromatic N) is 1. The number of anilines is 1. The van der Waals surface area contributed by atoms with E-state index in [2.05, 4.69) is 54.6 Å². The van der Waals surface area contributed by atoms with Crippen molar-refractivity contribution in [3.63, 3.8) is 0 Å². The third kappa shape index (κ3) is 4.42. The average Bonchev–Trinajstić information content (AvgIpc) is 3.00. The quantitative estimate of drug-likeness (QED) is 0.851. The second kappa shape index (κ2) is 7.56. The number of nitrogens with one attached hydrogen (secondary N) is 1. The SMILES string of the molecule is CC(C)c1ccc(NC(=O)CN(C)C(C)c2cccs2)cc1. The number of benzene rings is 1. The van der Waals surface area contributed by atoms with Crippen molar-refractivity contribution in [2.75, 3.05) is 18.9 Å². The second-order valence-corrected chi connectivity index (χ2v) is 6.91. The van der Waals surface area contributed by atoms with Gasteiger partial charge in [-0.25, -0.2) is 0 Å². The molecule has 1 N–H and O–H groups in total. The molecule has 118 valence electrons. The van der Waals surface area contributed by atoms with Crippen LogP contribution >= 0.6 is 11.3 Å². The number of carbonyl (C=O) groups is 1. The van der Waals surface area contributed by atoms with Gasteiger partial charge in [-0.1, -0.05) is 32.0 Å². The zero-order chi connectivity index (χ0) is 16.1. The fourth-order valence-corrected chi connectivity index (χ4v) is 3.11. The number of amides is 1. The minimum Gasteiger partial charge on any atom is -0.325 e. The summed E-state index contributed by atoms with van der Waals surface area (Å²) in [4.78, 5) is 15.5. The molecule has 1 aromatic carbocycles. The van der Waals surface area contributed by atoms with Gasteiger partial charge < -0.3 is 5.32 Å². The summed E-state index contributed by atoms with van der Waals surface area (Å²) in [5.74, 6) is 0.519. The second-order valence-electron chi connectivity index (χ2n) is 5.93. The Morgan fingerprint density at radius 1 is 1.18 bits per heavy atom. The summed E-state index contributed by atoms with van der Waals surface area (Å²) in [6, 6.07) is 12.5. The Morgan fingerprint density at radius 2 is 1.86 bits per heavy atom. The molecule has 4 heteroatoms. The van der Waals surface area contributed by atoms with Crippen LogP contribution in [0.3, 0.4) is 0 Å². The summed E-state index contributed by atoms with van der Waals surface area (Å²) in [5.41, 5.74) is 2.13. The number of carbonyl (C=O) groups excluding carboxylic acids is 1. The van der Waals surface area contributed by atoms with E-state index in [9.17, 15) is 4.79 Å². The van der Waals surface area contributed by atoms with E-state index < -0.39 is 0 Å². The lowest BCUT2D eigenvalue weighted by molar-refractivity contribution is -0.117. The highest BCUT2D eigenvalue weighted by molar-refractivity contribution is 7.10. The maximum Gasteiger partial charge on any atom is 0.238 e. The first-order valence-electron chi connectivity index (χ1n) is 7.61. The highest BCUT2D eigenvalue weighted by Crippen LogP contribution is 2.23. The fourth-order valence-electron chi connectivity index (χ4n) is 2.26. The van der Waals surface area contributed by atoms with Crippen LogP contribution in [0.1, 0.15) is 43.2 Å². The van der Waals surface area contributed by atoms with Crippen LogP contribution in [0.5, 0.6) is 0 Å². The fraction of sp³-hybridized carbons (Fsp3) is 0.389. The monoisotopic (exact) mass is 316 g/mol. The van der Waals surface area contributed by atoms with E-state index in [1.54, 1.807) is 11.3 Å². The van der Waals surface area contributed by atoms with Gasteiger partial charge in [-0.2, -0.15) is 0 Å². The van der Waals surface area contributed by atoms with Gasteiger partial charge in [0.1, 0.15) is 0 Å². The Labute approximate surface area is 137 Å². The molecule has 1 atom stereocenters. The van der Waals surface area contributed by atoms with Crippen LogP contribution in [0.4, 0.5) is 5.69 Å². The Kier molecular flexibility index (Phi) is 5.75. The summed E-state index contributed by atoms with van der Waals surface area (Å²) >= 11 is 1.72. The molecular weight excluding hydrogens is 292 g/mol. The average molecular weight is 316 g/mol. The molecule has 0 aliphatic rings. The van der Waals surface area contributed by atoms with E-state index in [1.807, 2.05) is 25.2 Å². The predicted molar refractivity (Wildman–Crippen MR) is 94.5 cm³/mol. The van der Waals surface area contributed by atoms with E-state index >= 15 is 0 Å². The summed E-state index contributed by atoms with van der Waals surface area (Å²) in [7, 11) is 1.98. The van der Waals surface area contributed by atoms with Crippen molar-refractivity contribution >= 4 is 22.9 Å². The number of hydrogen-bond acceptors (Lipinski definition) is 3. The first kappa shape index (κ1) is 16.7. The largest absolute Gasteiger partial charge is 0.325 e. The lowest BCUT2D eigenvalue weighted by Crippen LogP contribution is -2.31. The molecule has 0 saturated heterocycles. The van der Waals surface area contributed by atoms with Crippen LogP contribution in [-0.2, 0) is 4.79 Å². The summed E-state index contributed by atoms with van der Waals surface area (Å²) in [5, 5.41) is 5.03. The lowest BCUT2D eigenvalue weighted by atomic mass is 10.0. The minimum atomic E-state index is 0.0169. The van der Waals surface area contributed by atoms with E-state index in [4.69, 9.17) is 0 Å². The van der Waals surface area contributed by atoms with Crippen LogP contribution in [0.25, 0.3) is 0 Å². The molecule has 0 aliphatic heterocycles. The zero-order valence-corrected chi connectivity index (χ0v) is 14.5. The Morgan fingerprint density at radius 3 is 2.41 bits per heavy atom. The van der Waals surface area contributed by atoms with Crippen LogP contribution in [0, 0.1) is 0 Å². The lowest BCUT2D eigenvalue weighted by Gasteiger charge is -2.23. The van der Waals surface area contributed by atoms with Crippen molar-refractivity contribution in [1.82, 2.24) is 4.90 Å². The number of hydrogen-bond donors (Lipinski definition) is 1. The van der Waals surface area contributed by atoms with Crippen LogP contribution in [0.2, 0.25) is 0 Å². The van der Waals surface area contributed by atoms with Crippen LogP contribution in [0.15, 0.2) is 41.8 Å². The Hall–Kier alpha value is -1.65.